The fraction of sp³-hybridized carbons (Fsp3) is 0.435. The zero-order valence-corrected chi connectivity index (χ0v) is 16.8. The number of benzene rings is 2. The average molecular weight is 383 g/mol. The minimum absolute atomic E-state index is 0.000750. The Morgan fingerprint density at radius 1 is 0.893 bits per heavy atom. The first-order valence-electron chi connectivity index (χ1n) is 10.1. The Kier molecular flexibility index (Phi) is 9.76. The molecule has 2 rings (SSSR count). The Labute approximate surface area is 167 Å². The van der Waals surface area contributed by atoms with Crippen molar-refractivity contribution in [3.05, 3.63) is 54.6 Å². The molecule has 0 bridgehead atoms. The molecule has 150 valence electrons. The highest BCUT2D eigenvalue weighted by molar-refractivity contribution is 5.72. The molecule has 0 spiro atoms. The molecule has 1 unspecified atom stereocenters. The normalized spacial score (nSPS) is 12.1. The third-order valence-electron chi connectivity index (χ3n) is 4.45. The monoisotopic (exact) mass is 382 g/mol. The van der Waals surface area contributed by atoms with E-state index in [-0.39, 0.29) is 18.5 Å². The maximum Gasteiger partial charge on any atom is 0.309 e. The van der Waals surface area contributed by atoms with Crippen molar-refractivity contribution in [1.29, 1.82) is 0 Å². The number of unbranched alkanes of at least 4 members (excludes halogenated alkanes) is 2. The Balaban J connectivity index is 1.70. The van der Waals surface area contributed by atoms with E-state index < -0.39 is 0 Å². The topological polar surface area (TPSA) is 60.2 Å². The molecular weight excluding hydrogens is 352 g/mol. The van der Waals surface area contributed by atoms with Crippen molar-refractivity contribution in [3.8, 4) is 5.75 Å². The fourth-order valence-corrected chi connectivity index (χ4v) is 2.77. The molecule has 0 aliphatic carbocycles. The van der Waals surface area contributed by atoms with Crippen molar-refractivity contribution in [1.82, 2.24) is 0 Å². The van der Waals surface area contributed by atoms with E-state index in [2.05, 4.69) is 17.2 Å². The molecule has 2 aromatic rings. The van der Waals surface area contributed by atoms with Crippen LogP contribution < -0.4 is 4.74 Å². The summed E-state index contributed by atoms with van der Waals surface area (Å²) in [4.78, 5) is 12.1. The maximum atomic E-state index is 12.1. The van der Waals surface area contributed by atoms with Crippen LogP contribution in [0.4, 0.5) is 11.4 Å². The number of carbonyl (C=O) groups excluding carboxylic acids is 1. The molecule has 0 saturated heterocycles. The van der Waals surface area contributed by atoms with Gasteiger partial charge >= 0.3 is 5.97 Å². The molecule has 0 saturated carbocycles. The number of hydrogen-bond acceptors (Lipinski definition) is 5. The lowest BCUT2D eigenvalue weighted by Gasteiger charge is -2.14. The van der Waals surface area contributed by atoms with E-state index in [0.29, 0.717) is 12.4 Å². The highest BCUT2D eigenvalue weighted by Crippen LogP contribution is 2.21. The lowest BCUT2D eigenvalue weighted by molar-refractivity contribution is -0.149. The minimum atomic E-state index is -0.112. The Morgan fingerprint density at radius 3 is 2.21 bits per heavy atom. The molecule has 5 heteroatoms. The second-order valence-corrected chi connectivity index (χ2v) is 6.65. The molecule has 0 fully saturated rings. The third kappa shape index (κ3) is 7.91. The smallest absolute Gasteiger partial charge is 0.309 e. The first-order valence-corrected chi connectivity index (χ1v) is 10.1. The van der Waals surface area contributed by atoms with E-state index in [1.54, 1.807) is 0 Å². The van der Waals surface area contributed by atoms with Crippen LogP contribution >= 0.6 is 0 Å². The van der Waals surface area contributed by atoms with Crippen LogP contribution in [0, 0.1) is 5.92 Å². The zero-order valence-electron chi connectivity index (χ0n) is 16.8. The van der Waals surface area contributed by atoms with Gasteiger partial charge in [-0.05, 0) is 49.2 Å². The predicted molar refractivity (Wildman–Crippen MR) is 111 cm³/mol. The van der Waals surface area contributed by atoms with Crippen LogP contribution in [-0.2, 0) is 9.53 Å². The van der Waals surface area contributed by atoms with Gasteiger partial charge in [-0.3, -0.25) is 4.79 Å². The van der Waals surface area contributed by atoms with Gasteiger partial charge in [0.15, 0.2) is 0 Å². The van der Waals surface area contributed by atoms with Crippen molar-refractivity contribution in [2.24, 2.45) is 16.1 Å². The van der Waals surface area contributed by atoms with Crippen molar-refractivity contribution < 1.29 is 14.3 Å². The number of esters is 1. The van der Waals surface area contributed by atoms with E-state index in [0.717, 1.165) is 43.5 Å². The predicted octanol–water partition coefficient (Wildman–Crippen LogP) is 6.63. The summed E-state index contributed by atoms with van der Waals surface area (Å²) in [6, 6.07) is 16.9. The van der Waals surface area contributed by atoms with Crippen LogP contribution in [-0.4, -0.2) is 19.2 Å². The van der Waals surface area contributed by atoms with Gasteiger partial charge in [0.2, 0.25) is 0 Å². The number of ether oxygens (including phenoxy) is 2. The van der Waals surface area contributed by atoms with E-state index in [1.165, 1.54) is 0 Å². The number of carbonyl (C=O) groups is 1. The van der Waals surface area contributed by atoms with E-state index in [4.69, 9.17) is 9.47 Å². The highest BCUT2D eigenvalue weighted by atomic mass is 16.6. The first-order chi connectivity index (χ1) is 13.7. The summed E-state index contributed by atoms with van der Waals surface area (Å²) in [6.07, 6.45) is 5.12. The summed E-state index contributed by atoms with van der Waals surface area (Å²) in [7, 11) is 0. The Hall–Kier alpha value is -2.69. The number of azo groups is 1. The van der Waals surface area contributed by atoms with Gasteiger partial charge in [0.05, 0.1) is 17.3 Å². The summed E-state index contributed by atoms with van der Waals surface area (Å²) < 4.78 is 11.0. The third-order valence-corrected chi connectivity index (χ3v) is 4.45. The lowest BCUT2D eigenvalue weighted by Crippen LogP contribution is -2.20. The maximum absolute atomic E-state index is 12.1. The second kappa shape index (κ2) is 12.7. The standard InChI is InChI=1S/C23H30N2O3/c1-3-5-7-10-19(4-2)23(26)28-18-17-27-22-15-13-21(14-16-22)25-24-20-11-8-6-9-12-20/h6,8-9,11-16,19H,3-5,7,10,17-18H2,1-2H3/b25-24+. The van der Waals surface area contributed by atoms with Crippen LogP contribution in [0.3, 0.4) is 0 Å². The fourth-order valence-electron chi connectivity index (χ4n) is 2.77. The molecule has 2 aromatic carbocycles. The van der Waals surface area contributed by atoms with Gasteiger partial charge in [-0.1, -0.05) is 51.3 Å². The summed E-state index contributed by atoms with van der Waals surface area (Å²) in [5.41, 5.74) is 1.56. The van der Waals surface area contributed by atoms with Crippen LogP contribution in [0.25, 0.3) is 0 Å². The quantitative estimate of drug-likeness (QED) is 0.235. The van der Waals surface area contributed by atoms with E-state index in [9.17, 15) is 4.79 Å². The van der Waals surface area contributed by atoms with Gasteiger partial charge < -0.3 is 9.47 Å². The van der Waals surface area contributed by atoms with Crippen LogP contribution in [0.15, 0.2) is 64.8 Å². The van der Waals surface area contributed by atoms with Crippen LogP contribution in [0.5, 0.6) is 5.75 Å². The van der Waals surface area contributed by atoms with E-state index >= 15 is 0 Å². The first kappa shape index (κ1) is 21.6. The number of nitrogens with zero attached hydrogens (tertiary/aromatic N) is 2. The van der Waals surface area contributed by atoms with Crippen molar-refractivity contribution in [2.75, 3.05) is 13.2 Å². The molecule has 0 amide bonds. The van der Waals surface area contributed by atoms with E-state index in [1.807, 2.05) is 61.5 Å². The molecule has 0 radical (unpaired) electrons. The largest absolute Gasteiger partial charge is 0.490 e. The number of rotatable bonds is 12. The van der Waals surface area contributed by atoms with Crippen LogP contribution in [0.2, 0.25) is 0 Å². The summed E-state index contributed by atoms with van der Waals surface area (Å²) >= 11 is 0. The molecular formula is C23H30N2O3. The minimum Gasteiger partial charge on any atom is -0.490 e. The summed E-state index contributed by atoms with van der Waals surface area (Å²) in [5, 5.41) is 8.38. The number of hydrogen-bond donors (Lipinski definition) is 0. The average Bonchev–Trinajstić information content (AvgIpc) is 2.74. The van der Waals surface area contributed by atoms with Gasteiger partial charge in [0.25, 0.3) is 0 Å². The lowest BCUT2D eigenvalue weighted by atomic mass is 9.99. The summed E-state index contributed by atoms with van der Waals surface area (Å²) in [5.74, 6) is 0.601. The molecule has 28 heavy (non-hydrogen) atoms. The Morgan fingerprint density at radius 2 is 1.57 bits per heavy atom. The molecule has 0 N–H and O–H groups in total. The van der Waals surface area contributed by atoms with Gasteiger partial charge in [-0.2, -0.15) is 10.2 Å². The molecule has 0 aromatic heterocycles. The highest BCUT2D eigenvalue weighted by Gasteiger charge is 2.17. The molecule has 0 aliphatic rings. The van der Waals surface area contributed by atoms with Crippen LogP contribution in [0.1, 0.15) is 46.0 Å². The zero-order chi connectivity index (χ0) is 20.0. The SMILES string of the molecule is CCCCCC(CC)C(=O)OCCOc1ccc(/N=N/c2ccccc2)cc1. The van der Waals surface area contributed by atoms with Crippen molar-refractivity contribution in [2.45, 2.75) is 46.0 Å². The summed E-state index contributed by atoms with van der Waals surface area (Å²) in [6.45, 7) is 4.79. The van der Waals surface area contributed by atoms with Gasteiger partial charge in [-0.15, -0.1) is 0 Å². The van der Waals surface area contributed by atoms with Gasteiger partial charge in [-0.25, -0.2) is 0 Å². The second-order valence-electron chi connectivity index (χ2n) is 6.65. The Bertz CT molecular complexity index is 714. The van der Waals surface area contributed by atoms with Crippen molar-refractivity contribution in [3.63, 3.8) is 0 Å². The van der Waals surface area contributed by atoms with Crippen molar-refractivity contribution >= 4 is 17.3 Å². The molecule has 1 atom stereocenters. The van der Waals surface area contributed by atoms with Gasteiger partial charge in [0, 0.05) is 0 Å². The molecule has 0 aliphatic heterocycles. The van der Waals surface area contributed by atoms with Gasteiger partial charge in [0.1, 0.15) is 19.0 Å². The molecule has 5 nitrogen and oxygen atoms in total. The molecule has 0 heterocycles.